The Hall–Kier alpha value is -3.35. The average Bonchev–Trinajstić information content (AvgIpc) is 2.85. The molecule has 0 radical (unpaired) electrons. The molecule has 5 rings (SSSR count). The summed E-state index contributed by atoms with van der Waals surface area (Å²) in [6.45, 7) is 2.46. The first kappa shape index (κ1) is 21.5. The van der Waals surface area contributed by atoms with Gasteiger partial charge < -0.3 is 15.1 Å². The second kappa shape index (κ2) is 9.25. The Morgan fingerprint density at radius 2 is 1.58 bits per heavy atom. The number of piperazine rings is 1. The van der Waals surface area contributed by atoms with Crippen molar-refractivity contribution in [3.8, 4) is 11.4 Å². The first-order valence-corrected chi connectivity index (χ1v) is 11.4. The minimum Gasteiger partial charge on any atom is -0.352 e. The van der Waals surface area contributed by atoms with Gasteiger partial charge in [0.1, 0.15) is 5.82 Å². The number of hydrogen-bond acceptors (Lipinski definition) is 4. The van der Waals surface area contributed by atoms with E-state index < -0.39 is 0 Å². The number of amides is 2. The first-order chi connectivity index (χ1) is 16.1. The number of carbonyl (C=O) groups is 1. The number of halogens is 2. The Morgan fingerprint density at radius 1 is 0.848 bits per heavy atom. The Morgan fingerprint density at radius 3 is 2.33 bits per heavy atom. The highest BCUT2D eigenvalue weighted by Crippen LogP contribution is 2.29. The van der Waals surface area contributed by atoms with Gasteiger partial charge in [-0.25, -0.2) is 14.8 Å². The van der Waals surface area contributed by atoms with E-state index in [4.69, 9.17) is 33.2 Å². The molecule has 4 aromatic rings. The van der Waals surface area contributed by atoms with Crippen molar-refractivity contribution in [2.24, 2.45) is 0 Å². The maximum atomic E-state index is 12.8. The van der Waals surface area contributed by atoms with E-state index in [0.29, 0.717) is 47.7 Å². The third-order valence-electron chi connectivity index (χ3n) is 5.65. The van der Waals surface area contributed by atoms with Gasteiger partial charge in [-0.1, -0.05) is 65.7 Å². The van der Waals surface area contributed by atoms with Crippen LogP contribution in [0.1, 0.15) is 0 Å². The van der Waals surface area contributed by atoms with Gasteiger partial charge in [0.2, 0.25) is 0 Å². The SMILES string of the molecule is O=C(Nc1ccc(Cl)cc1Cl)N1CCN(c2nc(-c3ccccc3)nc3ccccc23)CC1. The fourth-order valence-corrected chi connectivity index (χ4v) is 4.38. The lowest BCUT2D eigenvalue weighted by molar-refractivity contribution is 0.208. The lowest BCUT2D eigenvalue weighted by Crippen LogP contribution is -2.50. The molecule has 166 valence electrons. The third-order valence-corrected chi connectivity index (χ3v) is 6.20. The van der Waals surface area contributed by atoms with Crippen LogP contribution in [0.15, 0.2) is 72.8 Å². The quantitative estimate of drug-likeness (QED) is 0.395. The highest BCUT2D eigenvalue weighted by Gasteiger charge is 2.24. The lowest BCUT2D eigenvalue weighted by Gasteiger charge is -2.36. The Balaban J connectivity index is 1.35. The molecular formula is C25H21Cl2N5O. The van der Waals surface area contributed by atoms with Gasteiger partial charge in [0.25, 0.3) is 0 Å². The highest BCUT2D eigenvalue weighted by molar-refractivity contribution is 6.36. The lowest BCUT2D eigenvalue weighted by atomic mass is 10.1. The molecule has 1 aliphatic heterocycles. The average molecular weight is 478 g/mol. The van der Waals surface area contributed by atoms with Crippen molar-refractivity contribution >= 4 is 51.6 Å². The van der Waals surface area contributed by atoms with E-state index in [1.54, 1.807) is 23.1 Å². The molecular weight excluding hydrogens is 457 g/mol. The van der Waals surface area contributed by atoms with E-state index in [1.165, 1.54) is 0 Å². The first-order valence-electron chi connectivity index (χ1n) is 10.7. The van der Waals surface area contributed by atoms with E-state index in [-0.39, 0.29) is 6.03 Å². The van der Waals surface area contributed by atoms with Gasteiger partial charge in [0.15, 0.2) is 5.82 Å². The summed E-state index contributed by atoms with van der Waals surface area (Å²) in [4.78, 5) is 26.5. The van der Waals surface area contributed by atoms with Crippen LogP contribution in [0.3, 0.4) is 0 Å². The molecule has 1 N–H and O–H groups in total. The van der Waals surface area contributed by atoms with E-state index in [9.17, 15) is 4.79 Å². The Bertz CT molecular complexity index is 1310. The summed E-state index contributed by atoms with van der Waals surface area (Å²) >= 11 is 12.1. The van der Waals surface area contributed by atoms with E-state index in [0.717, 1.165) is 22.3 Å². The molecule has 33 heavy (non-hydrogen) atoms. The topological polar surface area (TPSA) is 61.4 Å². The monoisotopic (exact) mass is 477 g/mol. The number of anilines is 2. The van der Waals surface area contributed by atoms with Crippen LogP contribution in [-0.2, 0) is 0 Å². The molecule has 1 aromatic heterocycles. The third kappa shape index (κ3) is 4.58. The molecule has 1 fully saturated rings. The molecule has 3 aromatic carbocycles. The molecule has 0 unspecified atom stereocenters. The number of nitrogens with one attached hydrogen (secondary N) is 1. The number of aromatic nitrogens is 2. The van der Waals surface area contributed by atoms with Gasteiger partial charge in [-0.05, 0) is 30.3 Å². The number of urea groups is 1. The molecule has 8 heteroatoms. The van der Waals surface area contributed by atoms with Crippen molar-refractivity contribution in [2.45, 2.75) is 0 Å². The van der Waals surface area contributed by atoms with E-state index >= 15 is 0 Å². The summed E-state index contributed by atoms with van der Waals surface area (Å²) in [6.07, 6.45) is 0. The number of benzene rings is 3. The Labute approximate surface area is 201 Å². The molecule has 0 spiro atoms. The standard InChI is InChI=1S/C25H21Cl2N5O/c26-18-10-11-22(20(27)16-18)29-25(33)32-14-12-31(13-15-32)24-19-8-4-5-9-21(19)28-23(30-24)17-6-2-1-3-7-17/h1-11,16H,12-15H2,(H,29,33). The maximum absolute atomic E-state index is 12.8. The molecule has 0 bridgehead atoms. The smallest absolute Gasteiger partial charge is 0.322 e. The van der Waals surface area contributed by atoms with Crippen LogP contribution in [-0.4, -0.2) is 47.1 Å². The predicted molar refractivity (Wildman–Crippen MR) is 134 cm³/mol. The maximum Gasteiger partial charge on any atom is 0.322 e. The van der Waals surface area contributed by atoms with Gasteiger partial charge in [0, 0.05) is 42.2 Å². The predicted octanol–water partition coefficient (Wildman–Crippen LogP) is 5.96. The summed E-state index contributed by atoms with van der Waals surface area (Å²) in [7, 11) is 0. The molecule has 0 atom stereocenters. The van der Waals surface area contributed by atoms with Crippen LogP contribution >= 0.6 is 23.2 Å². The van der Waals surface area contributed by atoms with Crippen LogP contribution in [0.25, 0.3) is 22.3 Å². The molecule has 6 nitrogen and oxygen atoms in total. The van der Waals surface area contributed by atoms with Crippen molar-refractivity contribution in [1.29, 1.82) is 0 Å². The summed E-state index contributed by atoms with van der Waals surface area (Å²) in [5, 5.41) is 4.82. The van der Waals surface area contributed by atoms with Crippen molar-refractivity contribution in [1.82, 2.24) is 14.9 Å². The number of carbonyl (C=O) groups excluding carboxylic acids is 1. The largest absolute Gasteiger partial charge is 0.352 e. The molecule has 2 amide bonds. The highest BCUT2D eigenvalue weighted by atomic mass is 35.5. The fourth-order valence-electron chi connectivity index (χ4n) is 3.92. The van der Waals surface area contributed by atoms with Crippen LogP contribution in [0.5, 0.6) is 0 Å². The molecule has 0 aliphatic carbocycles. The minimum atomic E-state index is -0.184. The van der Waals surface area contributed by atoms with Crippen LogP contribution in [0.4, 0.5) is 16.3 Å². The van der Waals surface area contributed by atoms with E-state index in [1.807, 2.05) is 54.6 Å². The summed E-state index contributed by atoms with van der Waals surface area (Å²) in [5.74, 6) is 1.59. The number of para-hydroxylation sites is 1. The van der Waals surface area contributed by atoms with Crippen molar-refractivity contribution in [3.05, 3.63) is 82.8 Å². The van der Waals surface area contributed by atoms with Gasteiger partial charge in [-0.15, -0.1) is 0 Å². The molecule has 1 aliphatic rings. The Kier molecular flexibility index (Phi) is 6.03. The zero-order chi connectivity index (χ0) is 22.8. The number of nitrogens with zero attached hydrogens (tertiary/aromatic N) is 4. The number of rotatable bonds is 3. The van der Waals surface area contributed by atoms with Gasteiger partial charge in [0.05, 0.1) is 16.2 Å². The van der Waals surface area contributed by atoms with Gasteiger partial charge >= 0.3 is 6.03 Å². The number of fused-ring (bicyclic) bond motifs is 1. The van der Waals surface area contributed by atoms with Crippen LogP contribution in [0, 0.1) is 0 Å². The van der Waals surface area contributed by atoms with Gasteiger partial charge in [-0.3, -0.25) is 0 Å². The van der Waals surface area contributed by atoms with Crippen LogP contribution in [0.2, 0.25) is 10.0 Å². The van der Waals surface area contributed by atoms with Gasteiger partial charge in [-0.2, -0.15) is 0 Å². The minimum absolute atomic E-state index is 0.184. The normalized spacial score (nSPS) is 13.9. The summed E-state index contributed by atoms with van der Waals surface area (Å²) in [6, 6.07) is 22.8. The summed E-state index contributed by atoms with van der Waals surface area (Å²) < 4.78 is 0. The van der Waals surface area contributed by atoms with E-state index in [2.05, 4.69) is 10.2 Å². The zero-order valence-electron chi connectivity index (χ0n) is 17.7. The molecule has 0 saturated carbocycles. The van der Waals surface area contributed by atoms with Crippen molar-refractivity contribution < 1.29 is 4.79 Å². The number of hydrogen-bond donors (Lipinski definition) is 1. The van der Waals surface area contributed by atoms with Crippen molar-refractivity contribution in [2.75, 3.05) is 36.4 Å². The molecule has 2 heterocycles. The van der Waals surface area contributed by atoms with Crippen LogP contribution < -0.4 is 10.2 Å². The van der Waals surface area contributed by atoms with Crippen molar-refractivity contribution in [3.63, 3.8) is 0 Å². The summed E-state index contributed by atoms with van der Waals surface area (Å²) in [5.41, 5.74) is 2.42. The zero-order valence-corrected chi connectivity index (χ0v) is 19.2. The second-order valence-corrected chi connectivity index (χ2v) is 8.63. The molecule has 1 saturated heterocycles. The second-order valence-electron chi connectivity index (χ2n) is 7.78. The fraction of sp³-hybridized carbons (Fsp3) is 0.160.